The summed E-state index contributed by atoms with van der Waals surface area (Å²) in [6.07, 6.45) is 1.75. The number of nitrogen functional groups attached to an aromatic ring is 1. The fraction of sp³-hybridized carbons (Fsp3) is 0.300. The smallest absolute Gasteiger partial charge is 0.245 e. The molecule has 0 fully saturated rings. The molecular formula is C10H13N5O. The van der Waals surface area contributed by atoms with Crippen molar-refractivity contribution < 1.29 is 4.52 Å². The van der Waals surface area contributed by atoms with Gasteiger partial charge in [-0.25, -0.2) is 4.98 Å². The van der Waals surface area contributed by atoms with Crippen LogP contribution in [0.1, 0.15) is 17.3 Å². The molecule has 84 valence electrons. The van der Waals surface area contributed by atoms with Gasteiger partial charge < -0.3 is 15.6 Å². The molecule has 0 aliphatic rings. The van der Waals surface area contributed by atoms with Crippen LogP contribution in [0.4, 0.5) is 11.5 Å². The van der Waals surface area contributed by atoms with E-state index in [0.29, 0.717) is 29.8 Å². The Morgan fingerprint density at radius 1 is 1.44 bits per heavy atom. The Bertz CT molecular complexity index is 494. The number of hydrogen-bond donors (Lipinski definition) is 2. The lowest BCUT2D eigenvalue weighted by Gasteiger charge is -2.06. The van der Waals surface area contributed by atoms with Gasteiger partial charge in [0.15, 0.2) is 5.82 Å². The lowest BCUT2D eigenvalue weighted by molar-refractivity contribution is 0.379. The zero-order valence-corrected chi connectivity index (χ0v) is 9.19. The highest BCUT2D eigenvalue weighted by Gasteiger charge is 2.04. The molecule has 0 aliphatic carbocycles. The fourth-order valence-corrected chi connectivity index (χ4v) is 1.31. The first kappa shape index (κ1) is 10.4. The van der Waals surface area contributed by atoms with Gasteiger partial charge in [-0.2, -0.15) is 4.98 Å². The minimum Gasteiger partial charge on any atom is -0.396 e. The molecule has 2 heterocycles. The minimum atomic E-state index is 0.418. The fourth-order valence-electron chi connectivity index (χ4n) is 1.31. The summed E-state index contributed by atoms with van der Waals surface area (Å²) in [5.74, 6) is 1.75. The van der Waals surface area contributed by atoms with Crippen molar-refractivity contribution in [3.05, 3.63) is 29.5 Å². The first-order valence-electron chi connectivity index (χ1n) is 4.90. The molecule has 6 nitrogen and oxygen atoms in total. The molecule has 0 aromatic carbocycles. The Hall–Kier alpha value is -2.11. The first-order valence-corrected chi connectivity index (χ1v) is 4.90. The maximum absolute atomic E-state index is 5.80. The van der Waals surface area contributed by atoms with Gasteiger partial charge in [0, 0.05) is 6.20 Å². The molecule has 0 saturated heterocycles. The van der Waals surface area contributed by atoms with Gasteiger partial charge in [-0.05, 0) is 25.5 Å². The molecule has 0 radical (unpaired) electrons. The van der Waals surface area contributed by atoms with E-state index >= 15 is 0 Å². The lowest BCUT2D eigenvalue weighted by atomic mass is 10.3. The van der Waals surface area contributed by atoms with Crippen LogP contribution in [0.5, 0.6) is 0 Å². The van der Waals surface area contributed by atoms with E-state index in [9.17, 15) is 0 Å². The first-order chi connectivity index (χ1) is 7.65. The summed E-state index contributed by atoms with van der Waals surface area (Å²) >= 11 is 0. The summed E-state index contributed by atoms with van der Waals surface area (Å²) in [6, 6.07) is 1.86. The van der Waals surface area contributed by atoms with Crippen molar-refractivity contribution in [2.45, 2.75) is 20.4 Å². The van der Waals surface area contributed by atoms with Gasteiger partial charge in [0.25, 0.3) is 0 Å². The van der Waals surface area contributed by atoms with Crippen LogP contribution >= 0.6 is 0 Å². The van der Waals surface area contributed by atoms with Crippen LogP contribution in [0.3, 0.4) is 0 Å². The molecule has 0 bridgehead atoms. The quantitative estimate of drug-likeness (QED) is 0.808. The van der Waals surface area contributed by atoms with Crippen LogP contribution in [0, 0.1) is 13.8 Å². The van der Waals surface area contributed by atoms with Crippen LogP contribution in [0.25, 0.3) is 0 Å². The number of nitrogens with two attached hydrogens (primary N) is 1. The molecule has 2 aromatic rings. The number of hydrogen-bond acceptors (Lipinski definition) is 6. The molecule has 0 saturated carbocycles. The largest absolute Gasteiger partial charge is 0.396 e. The normalized spacial score (nSPS) is 10.4. The second kappa shape index (κ2) is 4.18. The Morgan fingerprint density at radius 3 is 2.88 bits per heavy atom. The second-order valence-corrected chi connectivity index (χ2v) is 3.54. The maximum Gasteiger partial charge on any atom is 0.245 e. The Kier molecular flexibility index (Phi) is 2.72. The number of anilines is 2. The van der Waals surface area contributed by atoms with Crippen LogP contribution in [-0.4, -0.2) is 15.1 Å². The van der Waals surface area contributed by atoms with Crippen molar-refractivity contribution in [1.29, 1.82) is 0 Å². The zero-order valence-electron chi connectivity index (χ0n) is 9.19. The molecule has 2 rings (SSSR count). The predicted octanol–water partition coefficient (Wildman–Crippen LogP) is 1.28. The standard InChI is InChI=1S/C10H13N5O/c1-6-3-8(11)10(12-4-6)13-5-9-14-7(2)15-16-9/h3-4H,5,11H2,1-2H3,(H,12,13). The van der Waals surface area contributed by atoms with E-state index in [1.165, 1.54) is 0 Å². The number of pyridine rings is 1. The molecule has 3 N–H and O–H groups in total. The van der Waals surface area contributed by atoms with Crippen LogP contribution < -0.4 is 11.1 Å². The van der Waals surface area contributed by atoms with E-state index in [2.05, 4.69) is 20.4 Å². The molecular weight excluding hydrogens is 206 g/mol. The van der Waals surface area contributed by atoms with E-state index < -0.39 is 0 Å². The molecule has 0 aliphatic heterocycles. The third-order valence-corrected chi connectivity index (χ3v) is 2.03. The van der Waals surface area contributed by atoms with E-state index in [4.69, 9.17) is 10.3 Å². The van der Waals surface area contributed by atoms with Gasteiger partial charge in [-0.15, -0.1) is 0 Å². The number of aryl methyl sites for hydroxylation is 2. The molecule has 16 heavy (non-hydrogen) atoms. The topological polar surface area (TPSA) is 89.9 Å². The van der Waals surface area contributed by atoms with Crippen LogP contribution in [0.15, 0.2) is 16.8 Å². The highest BCUT2D eigenvalue weighted by Crippen LogP contribution is 2.16. The van der Waals surface area contributed by atoms with Gasteiger partial charge >= 0.3 is 0 Å². The monoisotopic (exact) mass is 219 g/mol. The van der Waals surface area contributed by atoms with E-state index in [-0.39, 0.29) is 0 Å². The zero-order chi connectivity index (χ0) is 11.5. The Balaban J connectivity index is 2.04. The van der Waals surface area contributed by atoms with E-state index in [1.54, 1.807) is 13.1 Å². The van der Waals surface area contributed by atoms with Gasteiger partial charge in [-0.3, -0.25) is 0 Å². The average molecular weight is 219 g/mol. The predicted molar refractivity (Wildman–Crippen MR) is 59.7 cm³/mol. The highest BCUT2D eigenvalue weighted by molar-refractivity contribution is 5.61. The summed E-state index contributed by atoms with van der Waals surface area (Å²) in [5.41, 5.74) is 7.43. The van der Waals surface area contributed by atoms with E-state index in [1.807, 2.05) is 13.0 Å². The average Bonchev–Trinajstić information content (AvgIpc) is 2.63. The van der Waals surface area contributed by atoms with Crippen LogP contribution in [-0.2, 0) is 6.54 Å². The van der Waals surface area contributed by atoms with Crippen LogP contribution in [0.2, 0.25) is 0 Å². The van der Waals surface area contributed by atoms with Crippen molar-refractivity contribution in [2.75, 3.05) is 11.1 Å². The van der Waals surface area contributed by atoms with Gasteiger partial charge in [-0.1, -0.05) is 5.16 Å². The minimum absolute atomic E-state index is 0.418. The highest BCUT2D eigenvalue weighted by atomic mass is 16.5. The van der Waals surface area contributed by atoms with Crippen molar-refractivity contribution in [1.82, 2.24) is 15.1 Å². The molecule has 2 aromatic heterocycles. The SMILES string of the molecule is Cc1cnc(NCc2nc(C)no2)c(N)c1. The lowest BCUT2D eigenvalue weighted by Crippen LogP contribution is -2.05. The number of nitrogens with zero attached hydrogens (tertiary/aromatic N) is 3. The Morgan fingerprint density at radius 2 is 2.25 bits per heavy atom. The summed E-state index contributed by atoms with van der Waals surface area (Å²) < 4.78 is 4.96. The van der Waals surface area contributed by atoms with Gasteiger partial charge in [0.1, 0.15) is 5.82 Å². The molecule has 0 spiro atoms. The molecule has 6 heteroatoms. The van der Waals surface area contributed by atoms with Crippen molar-refractivity contribution in [2.24, 2.45) is 0 Å². The molecule has 0 atom stereocenters. The van der Waals surface area contributed by atoms with Gasteiger partial charge in [0.05, 0.1) is 12.2 Å². The third-order valence-electron chi connectivity index (χ3n) is 2.03. The maximum atomic E-state index is 5.80. The molecule has 0 amide bonds. The third kappa shape index (κ3) is 2.28. The number of nitrogens with one attached hydrogen (secondary N) is 1. The molecule has 0 unspecified atom stereocenters. The summed E-state index contributed by atoms with van der Waals surface area (Å²) in [4.78, 5) is 8.24. The Labute approximate surface area is 92.9 Å². The second-order valence-electron chi connectivity index (χ2n) is 3.54. The summed E-state index contributed by atoms with van der Waals surface area (Å²) in [7, 11) is 0. The van der Waals surface area contributed by atoms with Crippen molar-refractivity contribution in [3.8, 4) is 0 Å². The number of rotatable bonds is 3. The van der Waals surface area contributed by atoms with Crippen molar-refractivity contribution >= 4 is 11.5 Å². The van der Waals surface area contributed by atoms with Gasteiger partial charge in [0.2, 0.25) is 5.89 Å². The summed E-state index contributed by atoms with van der Waals surface area (Å²) in [5, 5.41) is 6.73. The number of aromatic nitrogens is 3. The van der Waals surface area contributed by atoms with E-state index in [0.717, 1.165) is 5.56 Å². The van der Waals surface area contributed by atoms with Crippen molar-refractivity contribution in [3.63, 3.8) is 0 Å². The summed E-state index contributed by atoms with van der Waals surface area (Å²) in [6.45, 7) is 4.13.